The standard InChI is InChI=1S/C9H15N3O2S/c13-15(14,9-6-10-11-7-9)12-5-1-2-8-3-4-8/h6-8,12H,1-5H2,(H,10,11). The summed E-state index contributed by atoms with van der Waals surface area (Å²) in [5, 5.41) is 6.10. The SMILES string of the molecule is O=S(=O)(NCCCC1CC1)c1cn[nH]c1. The van der Waals surface area contributed by atoms with Crippen LogP contribution in [0.15, 0.2) is 17.3 Å². The Labute approximate surface area is 89.3 Å². The van der Waals surface area contributed by atoms with Crippen molar-refractivity contribution in [3.8, 4) is 0 Å². The quantitative estimate of drug-likeness (QED) is 0.711. The molecule has 1 fully saturated rings. The first-order valence-corrected chi connectivity index (χ1v) is 6.65. The van der Waals surface area contributed by atoms with Crippen LogP contribution in [0.2, 0.25) is 0 Å². The number of hydrogen-bond acceptors (Lipinski definition) is 3. The average Bonchev–Trinajstić information content (AvgIpc) is 2.83. The molecule has 0 aromatic carbocycles. The zero-order chi connectivity index (χ0) is 10.7. The molecule has 0 bridgehead atoms. The summed E-state index contributed by atoms with van der Waals surface area (Å²) in [5.41, 5.74) is 0. The fourth-order valence-corrected chi connectivity index (χ4v) is 2.45. The van der Waals surface area contributed by atoms with Gasteiger partial charge in [0.2, 0.25) is 10.0 Å². The summed E-state index contributed by atoms with van der Waals surface area (Å²) in [6, 6.07) is 0. The molecule has 0 saturated heterocycles. The highest BCUT2D eigenvalue weighted by atomic mass is 32.2. The van der Waals surface area contributed by atoms with Crippen molar-refractivity contribution in [3.63, 3.8) is 0 Å². The average molecular weight is 229 g/mol. The minimum Gasteiger partial charge on any atom is -0.284 e. The summed E-state index contributed by atoms with van der Waals surface area (Å²) in [7, 11) is -3.34. The molecule has 0 amide bonds. The number of rotatable bonds is 6. The highest BCUT2D eigenvalue weighted by Gasteiger charge is 2.21. The van der Waals surface area contributed by atoms with Crippen LogP contribution >= 0.6 is 0 Å². The van der Waals surface area contributed by atoms with Crippen LogP contribution in [-0.2, 0) is 10.0 Å². The van der Waals surface area contributed by atoms with E-state index in [0.717, 1.165) is 18.8 Å². The lowest BCUT2D eigenvalue weighted by atomic mass is 10.2. The van der Waals surface area contributed by atoms with Crippen molar-refractivity contribution in [1.29, 1.82) is 0 Å². The molecule has 1 aromatic heterocycles. The van der Waals surface area contributed by atoms with Crippen molar-refractivity contribution in [1.82, 2.24) is 14.9 Å². The highest BCUT2D eigenvalue weighted by Crippen LogP contribution is 2.33. The molecule has 1 heterocycles. The number of nitrogens with one attached hydrogen (secondary N) is 2. The lowest BCUT2D eigenvalue weighted by Gasteiger charge is -2.03. The van der Waals surface area contributed by atoms with E-state index in [0.29, 0.717) is 6.54 Å². The van der Waals surface area contributed by atoms with E-state index in [1.165, 1.54) is 25.2 Å². The molecule has 0 atom stereocenters. The maximum Gasteiger partial charge on any atom is 0.243 e. The Morgan fingerprint density at radius 2 is 2.33 bits per heavy atom. The fourth-order valence-electron chi connectivity index (χ4n) is 1.47. The third-order valence-electron chi connectivity index (χ3n) is 2.56. The molecule has 84 valence electrons. The summed E-state index contributed by atoms with van der Waals surface area (Å²) in [5.74, 6) is 0.850. The normalized spacial score (nSPS) is 16.8. The van der Waals surface area contributed by atoms with Gasteiger partial charge in [-0.05, 0) is 18.8 Å². The van der Waals surface area contributed by atoms with E-state index < -0.39 is 10.0 Å². The predicted octanol–water partition coefficient (Wildman–Crippen LogP) is 0.878. The zero-order valence-electron chi connectivity index (χ0n) is 8.44. The molecule has 2 rings (SSSR count). The largest absolute Gasteiger partial charge is 0.284 e. The number of nitrogens with zero attached hydrogens (tertiary/aromatic N) is 1. The molecular weight excluding hydrogens is 214 g/mol. The van der Waals surface area contributed by atoms with E-state index >= 15 is 0 Å². The predicted molar refractivity (Wildman–Crippen MR) is 55.7 cm³/mol. The maximum absolute atomic E-state index is 11.6. The number of sulfonamides is 1. The van der Waals surface area contributed by atoms with Gasteiger partial charge in [-0.2, -0.15) is 5.10 Å². The van der Waals surface area contributed by atoms with E-state index in [1.54, 1.807) is 0 Å². The van der Waals surface area contributed by atoms with Crippen LogP contribution in [0.1, 0.15) is 25.7 Å². The third kappa shape index (κ3) is 3.04. The van der Waals surface area contributed by atoms with Gasteiger partial charge in [-0.1, -0.05) is 12.8 Å². The lowest BCUT2D eigenvalue weighted by Crippen LogP contribution is -2.24. The molecule has 2 N–H and O–H groups in total. The number of aromatic nitrogens is 2. The van der Waals surface area contributed by atoms with E-state index in [2.05, 4.69) is 14.9 Å². The van der Waals surface area contributed by atoms with Gasteiger partial charge >= 0.3 is 0 Å². The van der Waals surface area contributed by atoms with Gasteiger partial charge in [0.1, 0.15) is 4.90 Å². The second-order valence-corrected chi connectivity index (χ2v) is 5.68. The molecule has 0 radical (unpaired) electrons. The lowest BCUT2D eigenvalue weighted by molar-refractivity contribution is 0.572. The molecular formula is C9H15N3O2S. The van der Waals surface area contributed by atoms with E-state index in [1.807, 2.05) is 0 Å². The minimum atomic E-state index is -3.34. The Morgan fingerprint density at radius 3 is 2.93 bits per heavy atom. The van der Waals surface area contributed by atoms with Crippen molar-refractivity contribution in [2.24, 2.45) is 5.92 Å². The van der Waals surface area contributed by atoms with Crippen LogP contribution in [0.25, 0.3) is 0 Å². The third-order valence-corrected chi connectivity index (χ3v) is 3.99. The summed E-state index contributed by atoms with van der Waals surface area (Å²) in [6.07, 6.45) is 7.37. The van der Waals surface area contributed by atoms with Gasteiger partial charge in [-0.15, -0.1) is 0 Å². The minimum absolute atomic E-state index is 0.203. The molecule has 1 saturated carbocycles. The Morgan fingerprint density at radius 1 is 1.53 bits per heavy atom. The molecule has 1 aliphatic carbocycles. The van der Waals surface area contributed by atoms with Crippen LogP contribution in [0.4, 0.5) is 0 Å². The molecule has 15 heavy (non-hydrogen) atoms. The van der Waals surface area contributed by atoms with E-state index in [9.17, 15) is 8.42 Å². The summed E-state index contributed by atoms with van der Waals surface area (Å²) < 4.78 is 25.7. The van der Waals surface area contributed by atoms with Gasteiger partial charge in [-0.3, -0.25) is 5.10 Å². The Balaban J connectivity index is 1.77. The maximum atomic E-state index is 11.6. The fraction of sp³-hybridized carbons (Fsp3) is 0.667. The van der Waals surface area contributed by atoms with Crippen molar-refractivity contribution in [2.75, 3.05) is 6.54 Å². The summed E-state index contributed by atoms with van der Waals surface area (Å²) in [4.78, 5) is 0.203. The monoisotopic (exact) mass is 229 g/mol. The van der Waals surface area contributed by atoms with Crippen molar-refractivity contribution in [3.05, 3.63) is 12.4 Å². The van der Waals surface area contributed by atoms with Crippen molar-refractivity contribution < 1.29 is 8.42 Å². The summed E-state index contributed by atoms with van der Waals surface area (Å²) in [6.45, 7) is 0.518. The second-order valence-electron chi connectivity index (χ2n) is 3.92. The zero-order valence-corrected chi connectivity index (χ0v) is 9.26. The number of aromatic amines is 1. The Bertz CT molecular complexity index is 395. The van der Waals surface area contributed by atoms with Gasteiger partial charge in [0.05, 0.1) is 6.20 Å². The van der Waals surface area contributed by atoms with Gasteiger partial charge in [0.25, 0.3) is 0 Å². The number of hydrogen-bond donors (Lipinski definition) is 2. The van der Waals surface area contributed by atoms with Gasteiger partial charge < -0.3 is 0 Å². The second kappa shape index (κ2) is 4.32. The van der Waals surface area contributed by atoms with Gasteiger partial charge in [0, 0.05) is 12.7 Å². The van der Waals surface area contributed by atoms with Crippen LogP contribution in [0, 0.1) is 5.92 Å². The topological polar surface area (TPSA) is 74.8 Å². The first-order chi connectivity index (χ1) is 7.18. The van der Waals surface area contributed by atoms with Crippen LogP contribution in [0.5, 0.6) is 0 Å². The van der Waals surface area contributed by atoms with E-state index in [4.69, 9.17) is 0 Å². The van der Waals surface area contributed by atoms with Crippen LogP contribution < -0.4 is 4.72 Å². The molecule has 0 unspecified atom stereocenters. The Kier molecular flexibility index (Phi) is 3.06. The Hall–Kier alpha value is -0.880. The first-order valence-electron chi connectivity index (χ1n) is 5.17. The van der Waals surface area contributed by atoms with Crippen molar-refractivity contribution >= 4 is 10.0 Å². The smallest absolute Gasteiger partial charge is 0.243 e. The molecule has 1 aliphatic rings. The number of H-pyrrole nitrogens is 1. The molecule has 0 spiro atoms. The highest BCUT2D eigenvalue weighted by molar-refractivity contribution is 7.89. The van der Waals surface area contributed by atoms with Crippen LogP contribution in [-0.4, -0.2) is 25.2 Å². The molecule has 1 aromatic rings. The van der Waals surface area contributed by atoms with Gasteiger partial charge in [0.15, 0.2) is 0 Å². The van der Waals surface area contributed by atoms with Gasteiger partial charge in [-0.25, -0.2) is 13.1 Å². The van der Waals surface area contributed by atoms with Crippen LogP contribution in [0.3, 0.4) is 0 Å². The van der Waals surface area contributed by atoms with E-state index in [-0.39, 0.29) is 4.90 Å². The molecule has 5 nitrogen and oxygen atoms in total. The summed E-state index contributed by atoms with van der Waals surface area (Å²) >= 11 is 0. The molecule has 0 aliphatic heterocycles. The first kappa shape index (κ1) is 10.6. The molecule has 6 heteroatoms. The van der Waals surface area contributed by atoms with Crippen molar-refractivity contribution in [2.45, 2.75) is 30.6 Å².